The monoisotopic (exact) mass is 173 g/mol. The van der Waals surface area contributed by atoms with E-state index in [1.54, 1.807) is 0 Å². The molecule has 0 amide bonds. The SMILES string of the molecule is CCNC(C)(CO)CCC(C)C. The van der Waals surface area contributed by atoms with Gasteiger partial charge in [0, 0.05) is 5.54 Å². The molecule has 0 aromatic heterocycles. The van der Waals surface area contributed by atoms with Gasteiger partial charge in [0.05, 0.1) is 6.61 Å². The lowest BCUT2D eigenvalue weighted by molar-refractivity contribution is 0.161. The summed E-state index contributed by atoms with van der Waals surface area (Å²) in [5, 5.41) is 12.5. The third-order valence-electron chi connectivity index (χ3n) is 2.23. The van der Waals surface area contributed by atoms with E-state index in [9.17, 15) is 0 Å². The average molecular weight is 173 g/mol. The highest BCUT2D eigenvalue weighted by atomic mass is 16.3. The van der Waals surface area contributed by atoms with Gasteiger partial charge in [-0.3, -0.25) is 0 Å². The van der Waals surface area contributed by atoms with Gasteiger partial charge >= 0.3 is 0 Å². The second kappa shape index (κ2) is 5.55. The fraction of sp³-hybridized carbons (Fsp3) is 1.00. The van der Waals surface area contributed by atoms with E-state index < -0.39 is 0 Å². The lowest BCUT2D eigenvalue weighted by Gasteiger charge is -2.29. The van der Waals surface area contributed by atoms with Crippen molar-refractivity contribution in [3.63, 3.8) is 0 Å². The highest BCUT2D eigenvalue weighted by molar-refractivity contribution is 4.81. The summed E-state index contributed by atoms with van der Waals surface area (Å²) in [4.78, 5) is 0. The molecule has 12 heavy (non-hydrogen) atoms. The van der Waals surface area contributed by atoms with Crippen LogP contribution in [0.25, 0.3) is 0 Å². The Bertz CT molecular complexity index is 114. The molecule has 0 aliphatic heterocycles. The largest absolute Gasteiger partial charge is 0.394 e. The maximum Gasteiger partial charge on any atom is 0.0610 e. The third-order valence-corrected chi connectivity index (χ3v) is 2.23. The Morgan fingerprint density at radius 1 is 1.42 bits per heavy atom. The number of nitrogens with one attached hydrogen (secondary N) is 1. The van der Waals surface area contributed by atoms with Gasteiger partial charge in [-0.2, -0.15) is 0 Å². The molecule has 0 aliphatic rings. The molecule has 0 saturated heterocycles. The van der Waals surface area contributed by atoms with Gasteiger partial charge in [0.1, 0.15) is 0 Å². The van der Waals surface area contributed by atoms with Gasteiger partial charge in [0.25, 0.3) is 0 Å². The van der Waals surface area contributed by atoms with Crippen molar-refractivity contribution in [2.75, 3.05) is 13.2 Å². The fourth-order valence-electron chi connectivity index (χ4n) is 1.26. The van der Waals surface area contributed by atoms with Crippen molar-refractivity contribution in [1.82, 2.24) is 5.32 Å². The minimum absolute atomic E-state index is 0.0704. The van der Waals surface area contributed by atoms with Gasteiger partial charge in [-0.25, -0.2) is 0 Å². The molecule has 0 radical (unpaired) electrons. The van der Waals surface area contributed by atoms with Crippen LogP contribution >= 0.6 is 0 Å². The summed E-state index contributed by atoms with van der Waals surface area (Å²) >= 11 is 0. The van der Waals surface area contributed by atoms with Crippen LogP contribution in [0, 0.1) is 5.92 Å². The van der Waals surface area contributed by atoms with Gasteiger partial charge < -0.3 is 10.4 Å². The van der Waals surface area contributed by atoms with Gasteiger partial charge in [0.15, 0.2) is 0 Å². The number of rotatable bonds is 6. The maximum atomic E-state index is 9.17. The Labute approximate surface area is 76.4 Å². The maximum absolute atomic E-state index is 9.17. The third kappa shape index (κ3) is 4.73. The zero-order chi connectivity index (χ0) is 9.61. The molecule has 2 N–H and O–H groups in total. The number of hydrogen-bond donors (Lipinski definition) is 2. The molecule has 0 aliphatic carbocycles. The molecular weight excluding hydrogens is 150 g/mol. The van der Waals surface area contributed by atoms with E-state index in [2.05, 4.69) is 33.0 Å². The van der Waals surface area contributed by atoms with Crippen LogP contribution in [0.4, 0.5) is 0 Å². The Hall–Kier alpha value is -0.0800. The highest BCUT2D eigenvalue weighted by Gasteiger charge is 2.21. The minimum Gasteiger partial charge on any atom is -0.394 e. The number of hydrogen-bond acceptors (Lipinski definition) is 2. The molecule has 0 fully saturated rings. The molecule has 0 heterocycles. The first-order valence-corrected chi connectivity index (χ1v) is 4.90. The molecule has 1 atom stereocenters. The van der Waals surface area contributed by atoms with Crippen LogP contribution in [0.5, 0.6) is 0 Å². The van der Waals surface area contributed by atoms with E-state index in [0.717, 1.165) is 18.9 Å². The molecule has 0 saturated carbocycles. The summed E-state index contributed by atoms with van der Waals surface area (Å²) in [6.45, 7) is 9.73. The zero-order valence-corrected chi connectivity index (χ0v) is 8.85. The van der Waals surface area contributed by atoms with Crippen molar-refractivity contribution in [2.45, 2.75) is 46.1 Å². The van der Waals surface area contributed by atoms with Crippen molar-refractivity contribution in [3.8, 4) is 0 Å². The van der Waals surface area contributed by atoms with Crippen molar-refractivity contribution in [2.24, 2.45) is 5.92 Å². The Kier molecular flexibility index (Phi) is 5.51. The molecule has 2 heteroatoms. The second-order valence-electron chi connectivity index (χ2n) is 4.18. The van der Waals surface area contributed by atoms with Crippen molar-refractivity contribution in [1.29, 1.82) is 0 Å². The van der Waals surface area contributed by atoms with E-state index >= 15 is 0 Å². The second-order valence-corrected chi connectivity index (χ2v) is 4.18. The molecule has 0 spiro atoms. The van der Waals surface area contributed by atoms with Crippen LogP contribution in [0.2, 0.25) is 0 Å². The van der Waals surface area contributed by atoms with Crippen LogP contribution in [0.1, 0.15) is 40.5 Å². The first-order chi connectivity index (χ1) is 5.54. The molecular formula is C10H23NO. The first-order valence-electron chi connectivity index (χ1n) is 4.90. The molecule has 1 unspecified atom stereocenters. The smallest absolute Gasteiger partial charge is 0.0610 e. The van der Waals surface area contributed by atoms with E-state index in [4.69, 9.17) is 5.11 Å². The lowest BCUT2D eigenvalue weighted by Crippen LogP contribution is -2.45. The van der Waals surface area contributed by atoms with E-state index in [-0.39, 0.29) is 12.1 Å². The molecule has 0 bridgehead atoms. The van der Waals surface area contributed by atoms with Crippen molar-refractivity contribution in [3.05, 3.63) is 0 Å². The molecule has 0 rings (SSSR count). The normalized spacial score (nSPS) is 16.5. The average Bonchev–Trinajstić information content (AvgIpc) is 2.02. The van der Waals surface area contributed by atoms with E-state index in [1.807, 2.05) is 0 Å². The number of likely N-dealkylation sites (N-methyl/N-ethyl adjacent to an activating group) is 1. The van der Waals surface area contributed by atoms with Gasteiger partial charge in [-0.15, -0.1) is 0 Å². The summed E-state index contributed by atoms with van der Waals surface area (Å²) < 4.78 is 0. The summed E-state index contributed by atoms with van der Waals surface area (Å²) in [5.74, 6) is 0.717. The van der Waals surface area contributed by atoms with Gasteiger partial charge in [-0.1, -0.05) is 20.8 Å². The Morgan fingerprint density at radius 2 is 2.00 bits per heavy atom. The summed E-state index contributed by atoms with van der Waals surface area (Å²) in [6, 6.07) is 0. The van der Waals surface area contributed by atoms with Crippen LogP contribution in [-0.4, -0.2) is 23.8 Å². The number of aliphatic hydroxyl groups excluding tert-OH is 1. The first kappa shape index (κ1) is 11.9. The molecule has 0 aromatic rings. The summed E-state index contributed by atoms with van der Waals surface area (Å²) in [7, 11) is 0. The van der Waals surface area contributed by atoms with Crippen molar-refractivity contribution >= 4 is 0 Å². The van der Waals surface area contributed by atoms with Crippen LogP contribution < -0.4 is 5.32 Å². The van der Waals surface area contributed by atoms with Crippen LogP contribution in [-0.2, 0) is 0 Å². The predicted octanol–water partition coefficient (Wildman–Crippen LogP) is 1.78. The highest BCUT2D eigenvalue weighted by Crippen LogP contribution is 2.15. The van der Waals surface area contributed by atoms with Crippen LogP contribution in [0.15, 0.2) is 0 Å². The number of aliphatic hydroxyl groups is 1. The molecule has 2 nitrogen and oxygen atoms in total. The summed E-state index contributed by atoms with van der Waals surface area (Å²) in [5.41, 5.74) is -0.0704. The Morgan fingerprint density at radius 3 is 2.33 bits per heavy atom. The molecule has 0 aromatic carbocycles. The standard InChI is InChI=1S/C10H23NO/c1-5-11-10(4,8-12)7-6-9(2)3/h9,11-12H,5-8H2,1-4H3. The van der Waals surface area contributed by atoms with Crippen LogP contribution in [0.3, 0.4) is 0 Å². The minimum atomic E-state index is -0.0704. The fourth-order valence-corrected chi connectivity index (χ4v) is 1.26. The summed E-state index contributed by atoms with van der Waals surface area (Å²) in [6.07, 6.45) is 2.22. The quantitative estimate of drug-likeness (QED) is 0.642. The van der Waals surface area contributed by atoms with E-state index in [0.29, 0.717) is 0 Å². The lowest BCUT2D eigenvalue weighted by atomic mass is 9.93. The van der Waals surface area contributed by atoms with Gasteiger partial charge in [0.2, 0.25) is 0 Å². The van der Waals surface area contributed by atoms with Crippen molar-refractivity contribution < 1.29 is 5.11 Å². The topological polar surface area (TPSA) is 32.3 Å². The van der Waals surface area contributed by atoms with E-state index in [1.165, 1.54) is 6.42 Å². The van der Waals surface area contributed by atoms with Gasteiger partial charge in [-0.05, 0) is 32.2 Å². The Balaban J connectivity index is 3.78. The molecule has 74 valence electrons. The zero-order valence-electron chi connectivity index (χ0n) is 8.85. The predicted molar refractivity (Wildman–Crippen MR) is 53.2 cm³/mol.